The number of carbonyl (C=O) groups is 3. The SMILES string of the molecule is COC(=O)[C@]1(Cc2ccccc2)NC(c2ccc(-c3ccc(Cl)c(Cl)c3)cc2)C2C(=O)N(C)C(=O)C21. The summed E-state index contributed by atoms with van der Waals surface area (Å²) in [5, 5.41) is 4.33. The van der Waals surface area contributed by atoms with Crippen LogP contribution in [0.25, 0.3) is 11.1 Å². The fraction of sp³-hybridized carbons (Fsp3) is 0.250. The molecule has 0 aliphatic carbocycles. The first-order chi connectivity index (χ1) is 17.3. The first-order valence-electron chi connectivity index (χ1n) is 11.5. The molecule has 2 aliphatic rings. The quantitative estimate of drug-likeness (QED) is 0.388. The van der Waals surface area contributed by atoms with E-state index in [2.05, 4.69) is 5.32 Å². The number of hydrogen-bond donors (Lipinski definition) is 1. The van der Waals surface area contributed by atoms with Gasteiger partial charge in [-0.3, -0.25) is 24.6 Å². The van der Waals surface area contributed by atoms with Crippen LogP contribution in [0.1, 0.15) is 17.2 Å². The van der Waals surface area contributed by atoms with Crippen molar-refractivity contribution in [2.45, 2.75) is 18.0 Å². The number of benzene rings is 3. The molecule has 2 amide bonds. The lowest BCUT2D eigenvalue weighted by molar-refractivity contribution is -0.153. The molecule has 0 spiro atoms. The summed E-state index contributed by atoms with van der Waals surface area (Å²) in [6.07, 6.45) is 0.215. The molecule has 3 unspecified atom stereocenters. The Morgan fingerprint density at radius 1 is 0.944 bits per heavy atom. The zero-order chi connectivity index (χ0) is 25.6. The summed E-state index contributed by atoms with van der Waals surface area (Å²) in [6, 6.07) is 21.9. The van der Waals surface area contributed by atoms with Gasteiger partial charge in [-0.25, -0.2) is 0 Å². The van der Waals surface area contributed by atoms with E-state index >= 15 is 0 Å². The van der Waals surface area contributed by atoms with Crippen LogP contribution in [0, 0.1) is 11.8 Å². The van der Waals surface area contributed by atoms with Gasteiger partial charge in [0.1, 0.15) is 5.54 Å². The highest BCUT2D eigenvalue weighted by molar-refractivity contribution is 6.42. The number of amides is 2. The van der Waals surface area contributed by atoms with E-state index in [1.165, 1.54) is 14.2 Å². The molecule has 2 saturated heterocycles. The van der Waals surface area contributed by atoms with E-state index in [9.17, 15) is 14.4 Å². The van der Waals surface area contributed by atoms with Gasteiger partial charge in [-0.15, -0.1) is 0 Å². The van der Waals surface area contributed by atoms with E-state index < -0.39 is 29.4 Å². The number of nitrogens with zero attached hydrogens (tertiary/aromatic N) is 1. The molecule has 0 bridgehead atoms. The molecule has 3 aromatic carbocycles. The van der Waals surface area contributed by atoms with Crippen LogP contribution in [0.3, 0.4) is 0 Å². The largest absolute Gasteiger partial charge is 0.468 e. The van der Waals surface area contributed by atoms with Crippen LogP contribution >= 0.6 is 23.2 Å². The first kappa shape index (κ1) is 24.5. The second kappa shape index (κ2) is 9.36. The monoisotopic (exact) mass is 522 g/mol. The summed E-state index contributed by atoms with van der Waals surface area (Å²) in [7, 11) is 2.77. The molecule has 0 saturated carbocycles. The van der Waals surface area contributed by atoms with Gasteiger partial charge in [0.05, 0.1) is 29.0 Å². The number of hydrogen-bond acceptors (Lipinski definition) is 5. The van der Waals surface area contributed by atoms with Gasteiger partial charge < -0.3 is 4.74 Å². The normalized spacial score (nSPS) is 25.2. The topological polar surface area (TPSA) is 75.7 Å². The number of ether oxygens (including phenoxy) is 1. The predicted molar refractivity (Wildman–Crippen MR) is 137 cm³/mol. The zero-order valence-corrected chi connectivity index (χ0v) is 21.2. The fourth-order valence-electron chi connectivity index (χ4n) is 5.51. The van der Waals surface area contributed by atoms with Crippen molar-refractivity contribution in [2.24, 2.45) is 11.8 Å². The molecule has 0 aromatic heterocycles. The minimum Gasteiger partial charge on any atom is -0.468 e. The molecule has 1 N–H and O–H groups in total. The molecular formula is C28H24Cl2N2O4. The third-order valence-corrected chi connectivity index (χ3v) is 8.01. The Hall–Kier alpha value is -3.19. The Morgan fingerprint density at radius 2 is 1.61 bits per heavy atom. The summed E-state index contributed by atoms with van der Waals surface area (Å²) < 4.78 is 5.21. The Bertz CT molecular complexity index is 1350. The van der Waals surface area contributed by atoms with Crippen molar-refractivity contribution < 1.29 is 19.1 Å². The van der Waals surface area contributed by atoms with Crippen molar-refractivity contribution in [3.63, 3.8) is 0 Å². The second-order valence-electron chi connectivity index (χ2n) is 9.24. The molecular weight excluding hydrogens is 499 g/mol. The second-order valence-corrected chi connectivity index (χ2v) is 10.1. The van der Waals surface area contributed by atoms with Crippen LogP contribution in [0.2, 0.25) is 10.0 Å². The zero-order valence-electron chi connectivity index (χ0n) is 19.7. The van der Waals surface area contributed by atoms with Crippen LogP contribution < -0.4 is 5.32 Å². The van der Waals surface area contributed by atoms with Crippen LogP contribution in [0.4, 0.5) is 0 Å². The molecule has 36 heavy (non-hydrogen) atoms. The van der Waals surface area contributed by atoms with Crippen LogP contribution in [-0.4, -0.2) is 42.4 Å². The van der Waals surface area contributed by atoms with E-state index in [1.54, 1.807) is 12.1 Å². The smallest absolute Gasteiger partial charge is 0.327 e. The van der Waals surface area contributed by atoms with Gasteiger partial charge in [0.2, 0.25) is 11.8 Å². The number of likely N-dealkylation sites (tertiary alicyclic amines) is 1. The molecule has 2 fully saturated rings. The lowest BCUT2D eigenvalue weighted by Crippen LogP contribution is -2.57. The van der Waals surface area contributed by atoms with Gasteiger partial charge in [0, 0.05) is 19.5 Å². The van der Waals surface area contributed by atoms with Crippen molar-refractivity contribution in [1.82, 2.24) is 10.2 Å². The van der Waals surface area contributed by atoms with E-state index in [0.29, 0.717) is 10.0 Å². The van der Waals surface area contributed by atoms with Crippen molar-refractivity contribution in [3.8, 4) is 11.1 Å². The van der Waals surface area contributed by atoms with Gasteiger partial charge in [-0.1, -0.05) is 83.9 Å². The number of fused-ring (bicyclic) bond motifs is 1. The van der Waals surface area contributed by atoms with Crippen LogP contribution in [0.15, 0.2) is 72.8 Å². The van der Waals surface area contributed by atoms with Crippen molar-refractivity contribution >= 4 is 41.0 Å². The Kier molecular flexibility index (Phi) is 6.37. The van der Waals surface area contributed by atoms with E-state index in [4.69, 9.17) is 27.9 Å². The summed E-state index contributed by atoms with van der Waals surface area (Å²) in [4.78, 5) is 41.1. The van der Waals surface area contributed by atoms with Crippen LogP contribution in [-0.2, 0) is 25.5 Å². The number of rotatable bonds is 5. The maximum Gasteiger partial charge on any atom is 0.327 e. The average molecular weight is 523 g/mol. The van der Waals surface area contributed by atoms with E-state index in [-0.39, 0.29) is 18.2 Å². The number of halogens is 2. The maximum absolute atomic E-state index is 13.3. The number of imide groups is 1. The molecule has 3 aromatic rings. The fourth-order valence-corrected chi connectivity index (χ4v) is 5.81. The number of nitrogens with one attached hydrogen (secondary N) is 1. The maximum atomic E-state index is 13.3. The van der Waals surface area contributed by atoms with Crippen LogP contribution in [0.5, 0.6) is 0 Å². The predicted octanol–water partition coefficient (Wildman–Crippen LogP) is 4.69. The third kappa shape index (κ3) is 3.90. The Labute approximate surface area is 219 Å². The standard InChI is InChI=1S/C28H24Cl2N2O4/c1-32-25(33)22-23(26(32)34)28(27(35)36-2,15-16-6-4-3-5-7-16)31-24(22)18-10-8-17(9-11-18)19-12-13-20(29)21(30)14-19/h3-14,22-24,31H,15H2,1-2H3/t22?,23?,24?,28-/m1/s1. The highest BCUT2D eigenvalue weighted by Crippen LogP contribution is 2.50. The first-order valence-corrected chi connectivity index (χ1v) is 12.3. The number of methoxy groups -OCH3 is 1. The molecule has 5 rings (SSSR count). The molecule has 6 nitrogen and oxygen atoms in total. The summed E-state index contributed by atoms with van der Waals surface area (Å²) in [5.41, 5.74) is 2.09. The van der Waals surface area contributed by atoms with Gasteiger partial charge in [-0.2, -0.15) is 0 Å². The van der Waals surface area contributed by atoms with Crippen molar-refractivity contribution in [2.75, 3.05) is 14.2 Å². The highest BCUT2D eigenvalue weighted by atomic mass is 35.5. The van der Waals surface area contributed by atoms with E-state index in [0.717, 1.165) is 27.2 Å². The summed E-state index contributed by atoms with van der Waals surface area (Å²) >= 11 is 12.2. The molecule has 2 aliphatic heterocycles. The minimum absolute atomic E-state index is 0.215. The van der Waals surface area contributed by atoms with Crippen molar-refractivity contribution in [1.29, 1.82) is 0 Å². The average Bonchev–Trinajstić information content (AvgIpc) is 3.35. The number of carbonyl (C=O) groups excluding carboxylic acids is 3. The molecule has 8 heteroatoms. The highest BCUT2D eigenvalue weighted by Gasteiger charge is 2.68. The van der Waals surface area contributed by atoms with Gasteiger partial charge in [0.15, 0.2) is 0 Å². The summed E-state index contributed by atoms with van der Waals surface area (Å²) in [5.74, 6) is -2.88. The lowest BCUT2D eigenvalue weighted by atomic mass is 9.76. The minimum atomic E-state index is -1.38. The van der Waals surface area contributed by atoms with Gasteiger partial charge >= 0.3 is 5.97 Å². The van der Waals surface area contributed by atoms with E-state index in [1.807, 2.05) is 60.7 Å². The molecule has 184 valence electrons. The van der Waals surface area contributed by atoms with Crippen molar-refractivity contribution in [3.05, 3.63) is 94.0 Å². The Balaban J connectivity index is 1.56. The van der Waals surface area contributed by atoms with Gasteiger partial charge in [-0.05, 0) is 34.4 Å². The molecule has 0 radical (unpaired) electrons. The third-order valence-electron chi connectivity index (χ3n) is 7.27. The molecule has 2 heterocycles. The molecule has 4 atom stereocenters. The van der Waals surface area contributed by atoms with Gasteiger partial charge in [0.25, 0.3) is 0 Å². The lowest BCUT2D eigenvalue weighted by Gasteiger charge is -2.32. The number of esters is 1. The summed E-state index contributed by atoms with van der Waals surface area (Å²) in [6.45, 7) is 0. The Morgan fingerprint density at radius 3 is 2.25 bits per heavy atom.